The van der Waals surface area contributed by atoms with E-state index in [1.807, 2.05) is 30.3 Å². The lowest BCUT2D eigenvalue weighted by molar-refractivity contribution is 0.400. The van der Waals surface area contributed by atoms with Crippen LogP contribution in [0.2, 0.25) is 0 Å². The van der Waals surface area contributed by atoms with Gasteiger partial charge < -0.3 is 4.74 Å². The molecular formula is C11H10N2O. The number of nitrogens with zero attached hydrogens (tertiary/aromatic N) is 1. The third kappa shape index (κ3) is 1.44. The van der Waals surface area contributed by atoms with E-state index in [1.165, 1.54) is 7.11 Å². The van der Waals surface area contributed by atoms with Gasteiger partial charge in [-0.25, -0.2) is 4.98 Å². The maximum Gasteiger partial charge on any atom is 0.232 e. The van der Waals surface area contributed by atoms with E-state index in [2.05, 4.69) is 4.98 Å². The van der Waals surface area contributed by atoms with Crippen molar-refractivity contribution >= 4 is 16.8 Å². The van der Waals surface area contributed by atoms with Gasteiger partial charge >= 0.3 is 0 Å². The molecule has 0 radical (unpaired) electrons. The number of hydrogen-bond donors (Lipinski definition) is 1. The maximum atomic E-state index is 7.47. The summed E-state index contributed by atoms with van der Waals surface area (Å²) in [5.74, 6) is 0.0933. The number of rotatable bonds is 1. The topological polar surface area (TPSA) is 46.0 Å². The summed E-state index contributed by atoms with van der Waals surface area (Å²) in [7, 11) is 1.47. The van der Waals surface area contributed by atoms with E-state index in [9.17, 15) is 0 Å². The number of nitrogens with one attached hydrogen (secondary N) is 1. The predicted octanol–water partition coefficient (Wildman–Crippen LogP) is 2.21. The van der Waals surface area contributed by atoms with Crippen molar-refractivity contribution in [1.82, 2.24) is 4.98 Å². The van der Waals surface area contributed by atoms with Crippen LogP contribution in [0, 0.1) is 5.41 Å². The third-order valence-corrected chi connectivity index (χ3v) is 2.04. The summed E-state index contributed by atoms with van der Waals surface area (Å²) < 4.78 is 4.81. The first-order chi connectivity index (χ1) is 6.81. The molecule has 14 heavy (non-hydrogen) atoms. The van der Waals surface area contributed by atoms with Crippen LogP contribution in [0.25, 0.3) is 10.9 Å². The lowest BCUT2D eigenvalue weighted by atomic mass is 10.2. The van der Waals surface area contributed by atoms with Crippen molar-refractivity contribution in [3.05, 3.63) is 42.1 Å². The lowest BCUT2D eigenvalue weighted by Gasteiger charge is -2.02. The largest absolute Gasteiger partial charge is 0.480 e. The summed E-state index contributed by atoms with van der Waals surface area (Å²) in [5, 5.41) is 8.54. The molecule has 2 rings (SSSR count). The Morgan fingerprint density at radius 1 is 1.21 bits per heavy atom. The van der Waals surface area contributed by atoms with Crippen LogP contribution in [0.4, 0.5) is 0 Å². The lowest BCUT2D eigenvalue weighted by Crippen LogP contribution is -2.03. The van der Waals surface area contributed by atoms with Crippen molar-refractivity contribution in [2.75, 3.05) is 7.11 Å². The van der Waals surface area contributed by atoms with E-state index in [0.29, 0.717) is 5.69 Å². The summed E-state index contributed by atoms with van der Waals surface area (Å²) in [5.41, 5.74) is 1.44. The van der Waals surface area contributed by atoms with E-state index in [1.54, 1.807) is 6.07 Å². The van der Waals surface area contributed by atoms with Gasteiger partial charge in [0, 0.05) is 5.39 Å². The van der Waals surface area contributed by atoms with Crippen molar-refractivity contribution in [3.8, 4) is 0 Å². The van der Waals surface area contributed by atoms with Crippen molar-refractivity contribution < 1.29 is 4.74 Å². The van der Waals surface area contributed by atoms with E-state index < -0.39 is 0 Å². The monoisotopic (exact) mass is 186 g/mol. The number of aromatic nitrogens is 1. The molecular weight excluding hydrogens is 176 g/mol. The summed E-state index contributed by atoms with van der Waals surface area (Å²) in [4.78, 5) is 4.30. The molecule has 0 unspecified atom stereocenters. The molecule has 1 heterocycles. The van der Waals surface area contributed by atoms with Crippen LogP contribution in [-0.2, 0) is 4.74 Å². The predicted molar refractivity (Wildman–Crippen MR) is 55.6 cm³/mol. The zero-order chi connectivity index (χ0) is 9.97. The van der Waals surface area contributed by atoms with E-state index in [4.69, 9.17) is 10.1 Å². The van der Waals surface area contributed by atoms with E-state index in [-0.39, 0.29) is 5.90 Å². The second-order valence-electron chi connectivity index (χ2n) is 2.92. The fourth-order valence-electron chi connectivity index (χ4n) is 1.30. The Hall–Kier alpha value is -1.90. The van der Waals surface area contributed by atoms with E-state index in [0.717, 1.165) is 10.9 Å². The normalized spacial score (nSPS) is 10.1. The van der Waals surface area contributed by atoms with Gasteiger partial charge in [-0.05, 0) is 12.1 Å². The van der Waals surface area contributed by atoms with Crippen molar-refractivity contribution in [2.45, 2.75) is 0 Å². The van der Waals surface area contributed by atoms with Crippen molar-refractivity contribution in [3.63, 3.8) is 0 Å². The quantitative estimate of drug-likeness (QED) is 0.548. The molecule has 3 heteroatoms. The zero-order valence-corrected chi connectivity index (χ0v) is 7.82. The van der Waals surface area contributed by atoms with Crippen LogP contribution in [0.15, 0.2) is 36.4 Å². The van der Waals surface area contributed by atoms with Crippen LogP contribution >= 0.6 is 0 Å². The Kier molecular flexibility index (Phi) is 2.14. The zero-order valence-electron chi connectivity index (χ0n) is 7.82. The highest BCUT2D eigenvalue weighted by atomic mass is 16.5. The van der Waals surface area contributed by atoms with Gasteiger partial charge in [0.05, 0.1) is 12.6 Å². The number of benzene rings is 1. The average molecular weight is 186 g/mol. The fraction of sp³-hybridized carbons (Fsp3) is 0.0909. The summed E-state index contributed by atoms with van der Waals surface area (Å²) in [6.07, 6.45) is 0. The van der Waals surface area contributed by atoms with Crippen LogP contribution in [0.3, 0.4) is 0 Å². The Balaban J connectivity index is 2.56. The molecule has 0 atom stereocenters. The standard InChI is InChI=1S/C11H10N2O/c1-14-11(12)10-7-6-8-4-2-3-5-9(8)13-10/h2-7,12H,1H3. The molecule has 70 valence electrons. The van der Waals surface area contributed by atoms with Gasteiger partial charge in [0.15, 0.2) is 0 Å². The summed E-state index contributed by atoms with van der Waals surface area (Å²) in [6, 6.07) is 11.5. The molecule has 0 fully saturated rings. The highest BCUT2D eigenvalue weighted by molar-refractivity contribution is 5.92. The van der Waals surface area contributed by atoms with Crippen LogP contribution in [0.1, 0.15) is 5.69 Å². The highest BCUT2D eigenvalue weighted by Gasteiger charge is 2.02. The molecule has 0 aliphatic rings. The molecule has 1 aromatic carbocycles. The fourth-order valence-corrected chi connectivity index (χ4v) is 1.30. The van der Waals surface area contributed by atoms with Gasteiger partial charge in [0.25, 0.3) is 0 Å². The minimum absolute atomic E-state index is 0.0933. The minimum Gasteiger partial charge on any atom is -0.480 e. The maximum absolute atomic E-state index is 7.47. The first kappa shape index (κ1) is 8.69. The third-order valence-electron chi connectivity index (χ3n) is 2.04. The van der Waals surface area contributed by atoms with E-state index >= 15 is 0 Å². The average Bonchev–Trinajstić information content (AvgIpc) is 2.27. The first-order valence-electron chi connectivity index (χ1n) is 4.30. The Morgan fingerprint density at radius 2 is 2.00 bits per heavy atom. The molecule has 0 saturated carbocycles. The second-order valence-corrected chi connectivity index (χ2v) is 2.92. The van der Waals surface area contributed by atoms with Crippen LogP contribution < -0.4 is 0 Å². The number of para-hydroxylation sites is 1. The molecule has 0 saturated heterocycles. The molecule has 0 aliphatic carbocycles. The second kappa shape index (κ2) is 3.46. The number of hydrogen-bond acceptors (Lipinski definition) is 3. The number of methoxy groups -OCH3 is 1. The SMILES string of the molecule is COC(=N)c1ccc2ccccc2n1. The Morgan fingerprint density at radius 3 is 2.79 bits per heavy atom. The molecule has 0 aliphatic heterocycles. The number of ether oxygens (including phenoxy) is 1. The smallest absolute Gasteiger partial charge is 0.232 e. The van der Waals surface area contributed by atoms with Gasteiger partial charge in [-0.3, -0.25) is 5.41 Å². The van der Waals surface area contributed by atoms with Crippen molar-refractivity contribution in [2.24, 2.45) is 0 Å². The molecule has 3 nitrogen and oxygen atoms in total. The minimum atomic E-state index is 0.0933. The number of fused-ring (bicyclic) bond motifs is 1. The summed E-state index contributed by atoms with van der Waals surface area (Å²) in [6.45, 7) is 0. The summed E-state index contributed by atoms with van der Waals surface area (Å²) >= 11 is 0. The number of pyridine rings is 1. The van der Waals surface area contributed by atoms with Gasteiger partial charge in [0.2, 0.25) is 5.90 Å². The van der Waals surface area contributed by atoms with Crippen LogP contribution in [0.5, 0.6) is 0 Å². The van der Waals surface area contributed by atoms with Gasteiger partial charge in [-0.15, -0.1) is 0 Å². The Labute approximate surface area is 81.9 Å². The van der Waals surface area contributed by atoms with Gasteiger partial charge in [0.1, 0.15) is 5.69 Å². The molecule has 1 aromatic heterocycles. The van der Waals surface area contributed by atoms with Gasteiger partial charge in [-0.1, -0.05) is 24.3 Å². The Bertz CT molecular complexity index is 479. The molecule has 0 spiro atoms. The van der Waals surface area contributed by atoms with Gasteiger partial charge in [-0.2, -0.15) is 0 Å². The molecule has 0 amide bonds. The molecule has 0 bridgehead atoms. The van der Waals surface area contributed by atoms with Crippen molar-refractivity contribution in [1.29, 1.82) is 5.41 Å². The molecule has 2 aromatic rings. The van der Waals surface area contributed by atoms with Crippen LogP contribution in [-0.4, -0.2) is 18.0 Å². The molecule has 1 N–H and O–H groups in total. The first-order valence-corrected chi connectivity index (χ1v) is 4.30. The highest BCUT2D eigenvalue weighted by Crippen LogP contribution is 2.11.